The standard InChI is InChI=1S/C17H23FN2O5/c1-17(2,3)25-16(23)19-10-4-5-15(22)24-11-14(21)20-13-8-6-12(18)7-9-13/h6-9H,4-5,10-11H2,1-3H3,(H,19,23)(H,20,21). The van der Waals surface area contributed by atoms with Crippen LogP contribution in [0.4, 0.5) is 14.9 Å². The molecular formula is C17H23FN2O5. The van der Waals surface area contributed by atoms with Gasteiger partial charge in [0.25, 0.3) is 5.91 Å². The summed E-state index contributed by atoms with van der Waals surface area (Å²) in [6.07, 6.45) is -0.142. The van der Waals surface area contributed by atoms with Crippen LogP contribution in [0.15, 0.2) is 24.3 Å². The van der Waals surface area contributed by atoms with Crippen molar-refractivity contribution in [2.45, 2.75) is 39.2 Å². The van der Waals surface area contributed by atoms with Gasteiger partial charge in [-0.1, -0.05) is 0 Å². The van der Waals surface area contributed by atoms with E-state index in [1.807, 2.05) is 0 Å². The summed E-state index contributed by atoms with van der Waals surface area (Å²) in [5.41, 5.74) is -0.176. The fourth-order valence-corrected chi connectivity index (χ4v) is 1.69. The number of rotatable bonds is 7. The summed E-state index contributed by atoms with van der Waals surface area (Å²) in [5.74, 6) is -1.49. The number of hydrogen-bond acceptors (Lipinski definition) is 5. The lowest BCUT2D eigenvalue weighted by Crippen LogP contribution is -2.33. The van der Waals surface area contributed by atoms with E-state index in [0.29, 0.717) is 12.1 Å². The van der Waals surface area contributed by atoms with Crippen LogP contribution in [-0.4, -0.2) is 36.7 Å². The maximum absolute atomic E-state index is 12.7. The minimum Gasteiger partial charge on any atom is -0.456 e. The van der Waals surface area contributed by atoms with Crippen LogP contribution in [0.1, 0.15) is 33.6 Å². The molecule has 0 aliphatic heterocycles. The van der Waals surface area contributed by atoms with E-state index in [1.165, 1.54) is 24.3 Å². The van der Waals surface area contributed by atoms with Crippen molar-refractivity contribution in [2.75, 3.05) is 18.5 Å². The Bertz CT molecular complexity index is 596. The van der Waals surface area contributed by atoms with Gasteiger partial charge in [0.1, 0.15) is 11.4 Å². The van der Waals surface area contributed by atoms with Gasteiger partial charge in [-0.05, 0) is 51.5 Å². The quantitative estimate of drug-likeness (QED) is 0.580. The Kier molecular flexibility index (Phi) is 7.84. The Hall–Kier alpha value is -2.64. The van der Waals surface area contributed by atoms with Crippen molar-refractivity contribution in [1.29, 1.82) is 0 Å². The predicted octanol–water partition coefficient (Wildman–Crippen LogP) is 2.61. The molecule has 0 bridgehead atoms. The summed E-state index contributed by atoms with van der Waals surface area (Å²) >= 11 is 0. The van der Waals surface area contributed by atoms with E-state index in [0.717, 1.165) is 0 Å². The van der Waals surface area contributed by atoms with Crippen LogP contribution in [-0.2, 0) is 19.1 Å². The number of hydrogen-bond donors (Lipinski definition) is 2. The highest BCUT2D eigenvalue weighted by Crippen LogP contribution is 2.08. The summed E-state index contributed by atoms with van der Waals surface area (Å²) < 4.78 is 22.6. The molecule has 1 rings (SSSR count). The number of ether oxygens (including phenoxy) is 2. The van der Waals surface area contributed by atoms with Crippen LogP contribution in [0.2, 0.25) is 0 Å². The van der Waals surface area contributed by atoms with Crippen LogP contribution in [0, 0.1) is 5.82 Å². The molecule has 0 atom stereocenters. The van der Waals surface area contributed by atoms with Crippen LogP contribution >= 0.6 is 0 Å². The second-order valence-electron chi connectivity index (χ2n) is 6.25. The number of anilines is 1. The van der Waals surface area contributed by atoms with Crippen molar-refractivity contribution in [3.63, 3.8) is 0 Å². The molecule has 138 valence electrons. The molecule has 0 unspecified atom stereocenters. The first-order chi connectivity index (χ1) is 11.7. The van der Waals surface area contributed by atoms with Gasteiger partial charge in [-0.3, -0.25) is 9.59 Å². The van der Waals surface area contributed by atoms with Gasteiger partial charge in [0.2, 0.25) is 0 Å². The zero-order valence-corrected chi connectivity index (χ0v) is 14.6. The van der Waals surface area contributed by atoms with E-state index in [2.05, 4.69) is 10.6 Å². The van der Waals surface area contributed by atoms with Crippen LogP contribution in [0.3, 0.4) is 0 Å². The van der Waals surface area contributed by atoms with E-state index < -0.39 is 36.0 Å². The van der Waals surface area contributed by atoms with Crippen molar-refractivity contribution in [3.8, 4) is 0 Å². The third kappa shape index (κ3) is 9.95. The molecule has 0 radical (unpaired) electrons. The first kappa shape index (κ1) is 20.4. The maximum atomic E-state index is 12.7. The third-order valence-corrected chi connectivity index (χ3v) is 2.72. The van der Waals surface area contributed by atoms with Crippen molar-refractivity contribution in [3.05, 3.63) is 30.1 Å². The Balaban J connectivity index is 2.15. The number of halogens is 1. The van der Waals surface area contributed by atoms with Crippen LogP contribution < -0.4 is 10.6 Å². The van der Waals surface area contributed by atoms with Crippen molar-refractivity contribution >= 4 is 23.7 Å². The highest BCUT2D eigenvalue weighted by Gasteiger charge is 2.15. The lowest BCUT2D eigenvalue weighted by atomic mass is 10.2. The van der Waals surface area contributed by atoms with E-state index in [1.54, 1.807) is 20.8 Å². The molecule has 0 heterocycles. The minimum absolute atomic E-state index is 0.0552. The molecule has 0 aromatic heterocycles. The summed E-state index contributed by atoms with van der Waals surface area (Å²) in [4.78, 5) is 34.5. The third-order valence-electron chi connectivity index (χ3n) is 2.72. The number of carbonyl (C=O) groups excluding carboxylic acids is 3. The molecule has 1 aromatic rings. The van der Waals surface area contributed by atoms with Gasteiger partial charge in [-0.15, -0.1) is 0 Å². The molecule has 2 N–H and O–H groups in total. The Morgan fingerprint density at radius 1 is 1.12 bits per heavy atom. The SMILES string of the molecule is CC(C)(C)OC(=O)NCCCC(=O)OCC(=O)Nc1ccc(F)cc1. The summed E-state index contributed by atoms with van der Waals surface area (Å²) in [6.45, 7) is 5.07. The molecular weight excluding hydrogens is 331 g/mol. The highest BCUT2D eigenvalue weighted by atomic mass is 19.1. The fraction of sp³-hybridized carbons (Fsp3) is 0.471. The van der Waals surface area contributed by atoms with Gasteiger partial charge in [0.15, 0.2) is 6.61 Å². The largest absolute Gasteiger partial charge is 0.456 e. The summed E-state index contributed by atoms with van der Waals surface area (Å²) in [7, 11) is 0. The number of esters is 1. The summed E-state index contributed by atoms with van der Waals surface area (Å²) in [5, 5.41) is 4.99. The zero-order valence-electron chi connectivity index (χ0n) is 14.6. The van der Waals surface area contributed by atoms with Gasteiger partial charge in [0, 0.05) is 18.7 Å². The molecule has 8 heteroatoms. The molecule has 7 nitrogen and oxygen atoms in total. The van der Waals surface area contributed by atoms with Crippen molar-refractivity contribution < 1.29 is 28.2 Å². The second kappa shape index (κ2) is 9.61. The lowest BCUT2D eigenvalue weighted by Gasteiger charge is -2.19. The van der Waals surface area contributed by atoms with Crippen molar-refractivity contribution in [1.82, 2.24) is 5.32 Å². The molecule has 0 aliphatic carbocycles. The fourth-order valence-electron chi connectivity index (χ4n) is 1.69. The minimum atomic E-state index is -0.582. The van der Waals surface area contributed by atoms with Crippen LogP contribution in [0.5, 0.6) is 0 Å². The predicted molar refractivity (Wildman–Crippen MR) is 89.5 cm³/mol. The zero-order chi connectivity index (χ0) is 18.9. The second-order valence-corrected chi connectivity index (χ2v) is 6.25. The number of benzene rings is 1. The Morgan fingerprint density at radius 2 is 1.76 bits per heavy atom. The number of carbonyl (C=O) groups is 3. The Labute approximate surface area is 145 Å². The van der Waals surface area contributed by atoms with E-state index >= 15 is 0 Å². The van der Waals surface area contributed by atoms with Crippen LogP contribution in [0.25, 0.3) is 0 Å². The molecule has 0 saturated carbocycles. The normalized spacial score (nSPS) is 10.7. The molecule has 0 fully saturated rings. The molecule has 0 aliphatic rings. The van der Waals surface area contributed by atoms with E-state index in [4.69, 9.17) is 9.47 Å². The average Bonchev–Trinajstić information content (AvgIpc) is 2.50. The molecule has 25 heavy (non-hydrogen) atoms. The molecule has 0 saturated heterocycles. The lowest BCUT2D eigenvalue weighted by molar-refractivity contribution is -0.147. The first-order valence-corrected chi connectivity index (χ1v) is 7.83. The van der Waals surface area contributed by atoms with Gasteiger partial charge in [-0.2, -0.15) is 0 Å². The van der Waals surface area contributed by atoms with Crippen molar-refractivity contribution in [2.24, 2.45) is 0 Å². The van der Waals surface area contributed by atoms with Gasteiger partial charge in [-0.25, -0.2) is 9.18 Å². The smallest absolute Gasteiger partial charge is 0.407 e. The summed E-state index contributed by atoms with van der Waals surface area (Å²) in [6, 6.07) is 5.22. The monoisotopic (exact) mass is 354 g/mol. The first-order valence-electron chi connectivity index (χ1n) is 7.83. The topological polar surface area (TPSA) is 93.7 Å². The molecule has 2 amide bonds. The van der Waals surface area contributed by atoms with Gasteiger partial charge >= 0.3 is 12.1 Å². The van der Waals surface area contributed by atoms with Gasteiger partial charge < -0.3 is 20.1 Å². The maximum Gasteiger partial charge on any atom is 0.407 e. The van der Waals surface area contributed by atoms with Gasteiger partial charge in [0.05, 0.1) is 0 Å². The number of amides is 2. The number of alkyl carbamates (subject to hydrolysis) is 1. The van der Waals surface area contributed by atoms with E-state index in [-0.39, 0.29) is 13.0 Å². The molecule has 1 aromatic carbocycles. The Morgan fingerprint density at radius 3 is 2.36 bits per heavy atom. The van der Waals surface area contributed by atoms with E-state index in [9.17, 15) is 18.8 Å². The molecule has 0 spiro atoms. The number of nitrogens with one attached hydrogen (secondary N) is 2. The highest BCUT2D eigenvalue weighted by molar-refractivity contribution is 5.92. The average molecular weight is 354 g/mol.